The van der Waals surface area contributed by atoms with Gasteiger partial charge in [0.15, 0.2) is 0 Å². The van der Waals surface area contributed by atoms with Crippen LogP contribution in [0.4, 0.5) is 0 Å². The van der Waals surface area contributed by atoms with Gasteiger partial charge >= 0.3 is 0 Å². The van der Waals surface area contributed by atoms with E-state index in [2.05, 4.69) is 57.4 Å². The van der Waals surface area contributed by atoms with Gasteiger partial charge in [0, 0.05) is 50.5 Å². The summed E-state index contributed by atoms with van der Waals surface area (Å²) in [6.07, 6.45) is 7.39. The molecule has 0 N–H and O–H groups in total. The second kappa shape index (κ2) is 9.90. The Balaban J connectivity index is 1.18. The maximum Gasteiger partial charge on any atom is 0.119 e. The summed E-state index contributed by atoms with van der Waals surface area (Å²) in [7, 11) is 0. The molecule has 2 atom stereocenters. The Morgan fingerprint density at radius 3 is 2.71 bits per heavy atom. The molecule has 2 fully saturated rings. The zero-order valence-electron chi connectivity index (χ0n) is 19.8. The molecule has 2 aromatic carbocycles. The molecular weight excluding hydrogens is 424 g/mol. The third-order valence-electron chi connectivity index (χ3n) is 7.63. The van der Waals surface area contributed by atoms with Crippen molar-refractivity contribution in [3.05, 3.63) is 77.6 Å². The number of morpholine rings is 1. The Morgan fingerprint density at radius 2 is 1.88 bits per heavy atom. The molecular formula is C28H34N4O2. The third kappa shape index (κ3) is 4.50. The van der Waals surface area contributed by atoms with E-state index < -0.39 is 0 Å². The zero-order valence-corrected chi connectivity index (χ0v) is 19.8. The molecule has 0 aliphatic carbocycles. The van der Waals surface area contributed by atoms with E-state index in [1.807, 2.05) is 23.1 Å². The first-order valence-electron chi connectivity index (χ1n) is 12.8. The van der Waals surface area contributed by atoms with Crippen LogP contribution in [0.1, 0.15) is 47.9 Å². The molecule has 0 saturated carbocycles. The third-order valence-corrected chi connectivity index (χ3v) is 7.63. The lowest BCUT2D eigenvalue weighted by atomic mass is 9.81. The molecule has 0 radical (unpaired) electrons. The number of ether oxygens (including phenoxy) is 2. The Bertz CT molecular complexity index is 1080. The van der Waals surface area contributed by atoms with Crippen LogP contribution >= 0.6 is 0 Å². The number of aromatic nitrogens is 2. The summed E-state index contributed by atoms with van der Waals surface area (Å²) < 4.78 is 13.6. The van der Waals surface area contributed by atoms with E-state index in [0.29, 0.717) is 12.0 Å². The van der Waals surface area contributed by atoms with Gasteiger partial charge in [-0.1, -0.05) is 18.2 Å². The average molecular weight is 459 g/mol. The number of hydrogen-bond donors (Lipinski definition) is 0. The van der Waals surface area contributed by atoms with Gasteiger partial charge in [0.25, 0.3) is 0 Å². The molecule has 0 amide bonds. The van der Waals surface area contributed by atoms with E-state index in [1.54, 1.807) is 0 Å². The Hall–Kier alpha value is -2.67. The quantitative estimate of drug-likeness (QED) is 0.495. The summed E-state index contributed by atoms with van der Waals surface area (Å²) in [6, 6.07) is 18.3. The van der Waals surface area contributed by atoms with Crippen LogP contribution in [-0.2, 0) is 4.74 Å². The summed E-state index contributed by atoms with van der Waals surface area (Å²) >= 11 is 0. The second-order valence-electron chi connectivity index (χ2n) is 9.69. The predicted octanol–water partition coefficient (Wildman–Crippen LogP) is 4.26. The maximum atomic E-state index is 6.22. The van der Waals surface area contributed by atoms with Crippen LogP contribution in [0.15, 0.2) is 60.9 Å². The summed E-state index contributed by atoms with van der Waals surface area (Å²) in [5, 5.41) is 4.36. The molecule has 0 bridgehead atoms. The van der Waals surface area contributed by atoms with E-state index in [0.717, 1.165) is 63.9 Å². The maximum absolute atomic E-state index is 6.22. The van der Waals surface area contributed by atoms with E-state index in [4.69, 9.17) is 9.47 Å². The largest absolute Gasteiger partial charge is 0.494 e. The highest BCUT2D eigenvalue weighted by Gasteiger charge is 2.36. The van der Waals surface area contributed by atoms with Gasteiger partial charge in [0.2, 0.25) is 0 Å². The smallest absolute Gasteiger partial charge is 0.119 e. The molecule has 3 aliphatic heterocycles. The van der Waals surface area contributed by atoms with Crippen molar-refractivity contribution in [1.29, 1.82) is 0 Å². The molecule has 3 aliphatic rings. The van der Waals surface area contributed by atoms with Crippen molar-refractivity contribution in [2.45, 2.75) is 31.2 Å². The van der Waals surface area contributed by atoms with Gasteiger partial charge in [-0.25, -0.2) is 4.68 Å². The first kappa shape index (κ1) is 21.8. The van der Waals surface area contributed by atoms with Gasteiger partial charge in [0.05, 0.1) is 25.5 Å². The van der Waals surface area contributed by atoms with Crippen LogP contribution in [0.2, 0.25) is 0 Å². The van der Waals surface area contributed by atoms with Gasteiger partial charge in [-0.15, -0.1) is 0 Å². The molecule has 2 saturated heterocycles. The van der Waals surface area contributed by atoms with Crippen LogP contribution in [0.3, 0.4) is 0 Å². The lowest BCUT2D eigenvalue weighted by Gasteiger charge is -2.37. The fraction of sp³-hybridized carbons (Fsp3) is 0.464. The molecule has 6 rings (SSSR count). The number of fused-ring (bicyclic) bond motifs is 3. The van der Waals surface area contributed by atoms with Crippen LogP contribution in [0.5, 0.6) is 5.75 Å². The van der Waals surface area contributed by atoms with Gasteiger partial charge in [-0.05, 0) is 72.8 Å². The molecule has 1 aromatic heterocycles. The Morgan fingerprint density at radius 1 is 1.00 bits per heavy atom. The van der Waals surface area contributed by atoms with Crippen molar-refractivity contribution in [3.8, 4) is 11.4 Å². The van der Waals surface area contributed by atoms with Gasteiger partial charge in [-0.3, -0.25) is 9.80 Å². The highest BCUT2D eigenvalue weighted by atomic mass is 16.5. The van der Waals surface area contributed by atoms with Gasteiger partial charge < -0.3 is 9.47 Å². The van der Waals surface area contributed by atoms with Crippen LogP contribution in [0.25, 0.3) is 5.69 Å². The highest BCUT2D eigenvalue weighted by Crippen LogP contribution is 2.45. The number of nitrogens with zero attached hydrogens (tertiary/aromatic N) is 4. The zero-order chi connectivity index (χ0) is 22.7. The molecule has 178 valence electrons. The van der Waals surface area contributed by atoms with Crippen molar-refractivity contribution >= 4 is 0 Å². The topological polar surface area (TPSA) is 42.8 Å². The molecule has 0 spiro atoms. The number of benzene rings is 2. The van der Waals surface area contributed by atoms with Gasteiger partial charge in [0.1, 0.15) is 5.75 Å². The first-order chi connectivity index (χ1) is 16.8. The van der Waals surface area contributed by atoms with E-state index in [1.165, 1.54) is 36.1 Å². The van der Waals surface area contributed by atoms with Crippen LogP contribution < -0.4 is 4.74 Å². The minimum Gasteiger partial charge on any atom is -0.494 e. The second-order valence-corrected chi connectivity index (χ2v) is 9.69. The summed E-state index contributed by atoms with van der Waals surface area (Å²) in [5.74, 6) is 1.41. The fourth-order valence-electron chi connectivity index (χ4n) is 5.85. The molecule has 6 nitrogen and oxygen atoms in total. The first-order valence-corrected chi connectivity index (χ1v) is 12.8. The fourth-order valence-corrected chi connectivity index (χ4v) is 5.85. The normalized spacial score (nSPS) is 22.9. The van der Waals surface area contributed by atoms with Crippen molar-refractivity contribution in [1.82, 2.24) is 19.6 Å². The SMILES string of the molecule is c1cnn(-c2ccc([C@H]3CN4CCC[C@@H]4c4cc(OCCCN5CCOCC5)ccc43)cc2)c1. The van der Waals surface area contributed by atoms with E-state index in [-0.39, 0.29) is 0 Å². The number of rotatable bonds is 7. The molecule has 0 unspecified atom stereocenters. The molecule has 3 aromatic rings. The number of hydrogen-bond acceptors (Lipinski definition) is 5. The lowest BCUT2D eigenvalue weighted by Crippen LogP contribution is -2.37. The minimum absolute atomic E-state index is 0.395. The monoisotopic (exact) mass is 458 g/mol. The molecule has 6 heteroatoms. The van der Waals surface area contributed by atoms with Crippen molar-refractivity contribution in [2.75, 3.05) is 52.5 Å². The molecule has 34 heavy (non-hydrogen) atoms. The van der Waals surface area contributed by atoms with E-state index in [9.17, 15) is 0 Å². The molecule has 4 heterocycles. The van der Waals surface area contributed by atoms with E-state index >= 15 is 0 Å². The van der Waals surface area contributed by atoms with Gasteiger partial charge in [-0.2, -0.15) is 5.10 Å². The van der Waals surface area contributed by atoms with Crippen molar-refractivity contribution in [2.24, 2.45) is 0 Å². The lowest BCUT2D eigenvalue weighted by molar-refractivity contribution is 0.0358. The van der Waals surface area contributed by atoms with Crippen molar-refractivity contribution < 1.29 is 9.47 Å². The average Bonchev–Trinajstić information content (AvgIpc) is 3.59. The Kier molecular flexibility index (Phi) is 6.36. The standard InChI is InChI=1S/C28H34N4O2/c1-4-28-26-20-24(34-17-3-12-30-15-18-33-19-16-30)9-10-25(26)27(21-31(28)13-1)22-5-7-23(8-6-22)32-14-2-11-29-32/h2,5-11,14,20,27-28H,1,3-4,12-13,15-19,21H2/t27-,28-/m1/s1. The van der Waals surface area contributed by atoms with Crippen LogP contribution in [0, 0.1) is 0 Å². The van der Waals surface area contributed by atoms with Crippen molar-refractivity contribution in [3.63, 3.8) is 0 Å². The summed E-state index contributed by atoms with van der Waals surface area (Å²) in [5.41, 5.74) is 5.41. The minimum atomic E-state index is 0.395. The van der Waals surface area contributed by atoms with Crippen LogP contribution in [-0.4, -0.2) is 72.1 Å². The Labute approximate surface area is 202 Å². The summed E-state index contributed by atoms with van der Waals surface area (Å²) in [4.78, 5) is 5.15. The highest BCUT2D eigenvalue weighted by molar-refractivity contribution is 5.47. The predicted molar refractivity (Wildman–Crippen MR) is 133 cm³/mol. The summed E-state index contributed by atoms with van der Waals surface area (Å²) in [6.45, 7) is 7.94.